The number of aromatic nitrogens is 1. The van der Waals surface area contributed by atoms with Gasteiger partial charge in [0.2, 0.25) is 6.08 Å². The molecular formula is C13H19N2O+. The first-order chi connectivity index (χ1) is 7.86. The summed E-state index contributed by atoms with van der Waals surface area (Å²) in [6.45, 7) is 3.08. The normalized spacial score (nSPS) is 11.8. The van der Waals surface area contributed by atoms with E-state index < -0.39 is 0 Å². The van der Waals surface area contributed by atoms with Crippen molar-refractivity contribution in [3.05, 3.63) is 30.6 Å². The number of aliphatic imine (C=N–C) groups is 1. The molecule has 1 atom stereocenters. The van der Waals surface area contributed by atoms with E-state index in [-0.39, 0.29) is 6.04 Å². The Balaban J connectivity index is 2.19. The van der Waals surface area contributed by atoms with Gasteiger partial charge in [-0.1, -0.05) is 13.0 Å². The van der Waals surface area contributed by atoms with Crippen molar-refractivity contribution in [3.63, 3.8) is 0 Å². The molecule has 86 valence electrons. The van der Waals surface area contributed by atoms with Crippen LogP contribution >= 0.6 is 0 Å². The second kappa shape index (κ2) is 7.77. The number of rotatable bonds is 7. The summed E-state index contributed by atoms with van der Waals surface area (Å²) < 4.78 is 2.17. The largest absolute Gasteiger partial charge is 0.235 e. The molecule has 0 spiro atoms. The molecular weight excluding hydrogens is 200 g/mol. The van der Waals surface area contributed by atoms with Gasteiger partial charge in [0.15, 0.2) is 12.4 Å². The predicted octanol–water partition coefficient (Wildman–Crippen LogP) is 2.26. The molecule has 0 aliphatic heterocycles. The lowest BCUT2D eigenvalue weighted by atomic mass is 10.1. The zero-order chi connectivity index (χ0) is 11.6. The summed E-state index contributed by atoms with van der Waals surface area (Å²) in [4.78, 5) is 13.9. The van der Waals surface area contributed by atoms with Gasteiger partial charge in [-0.15, -0.1) is 0 Å². The summed E-state index contributed by atoms with van der Waals surface area (Å²) in [5, 5.41) is 0. The Morgan fingerprint density at radius 3 is 2.62 bits per heavy atom. The van der Waals surface area contributed by atoms with E-state index in [2.05, 4.69) is 28.9 Å². The second-order valence-corrected chi connectivity index (χ2v) is 3.89. The molecule has 0 saturated heterocycles. The Labute approximate surface area is 96.8 Å². The molecule has 1 aromatic rings. The van der Waals surface area contributed by atoms with E-state index >= 15 is 0 Å². The number of isocyanates is 1. The van der Waals surface area contributed by atoms with Gasteiger partial charge in [-0.25, -0.2) is 14.4 Å². The first-order valence-electron chi connectivity index (χ1n) is 5.88. The Morgan fingerprint density at radius 2 is 2.00 bits per heavy atom. The van der Waals surface area contributed by atoms with Crippen LogP contribution < -0.4 is 4.57 Å². The maximum atomic E-state index is 10.1. The fraction of sp³-hybridized carbons (Fsp3) is 0.538. The smallest absolute Gasteiger partial charge is 0.211 e. The number of hydrogen-bond acceptors (Lipinski definition) is 2. The van der Waals surface area contributed by atoms with Crippen LogP contribution in [0.1, 0.15) is 32.6 Å². The number of pyridine rings is 1. The maximum absolute atomic E-state index is 10.1. The summed E-state index contributed by atoms with van der Waals surface area (Å²) >= 11 is 0. The topological polar surface area (TPSA) is 33.3 Å². The van der Waals surface area contributed by atoms with Crippen LogP contribution in [0, 0.1) is 0 Å². The van der Waals surface area contributed by atoms with Gasteiger partial charge in [0.1, 0.15) is 6.54 Å². The quantitative estimate of drug-likeness (QED) is 0.300. The van der Waals surface area contributed by atoms with Crippen molar-refractivity contribution in [1.82, 2.24) is 0 Å². The van der Waals surface area contributed by atoms with E-state index in [0.29, 0.717) is 0 Å². The molecule has 0 N–H and O–H groups in total. The Morgan fingerprint density at radius 1 is 1.25 bits per heavy atom. The minimum absolute atomic E-state index is 0.165. The lowest BCUT2D eigenvalue weighted by molar-refractivity contribution is -0.697. The Hall–Kier alpha value is -1.47. The Kier molecular flexibility index (Phi) is 6.12. The summed E-state index contributed by atoms with van der Waals surface area (Å²) in [6.07, 6.45) is 9.92. The molecule has 3 nitrogen and oxygen atoms in total. The molecule has 1 unspecified atom stereocenters. The van der Waals surface area contributed by atoms with E-state index in [1.54, 1.807) is 6.08 Å². The minimum Gasteiger partial charge on any atom is -0.211 e. The molecule has 16 heavy (non-hydrogen) atoms. The van der Waals surface area contributed by atoms with Crippen molar-refractivity contribution in [3.8, 4) is 0 Å². The average molecular weight is 219 g/mol. The highest BCUT2D eigenvalue weighted by atomic mass is 16.1. The zero-order valence-corrected chi connectivity index (χ0v) is 9.80. The molecule has 1 aromatic heterocycles. The third-order valence-electron chi connectivity index (χ3n) is 2.69. The van der Waals surface area contributed by atoms with E-state index in [1.807, 2.05) is 18.2 Å². The first-order valence-corrected chi connectivity index (χ1v) is 5.88. The van der Waals surface area contributed by atoms with Crippen molar-refractivity contribution < 1.29 is 9.36 Å². The first kappa shape index (κ1) is 12.6. The van der Waals surface area contributed by atoms with Gasteiger partial charge in [0.05, 0.1) is 6.04 Å². The van der Waals surface area contributed by atoms with Crippen LogP contribution in [0.15, 0.2) is 35.6 Å². The number of carbonyl (C=O) groups excluding carboxylic acids is 1. The van der Waals surface area contributed by atoms with Crippen LogP contribution in [0.4, 0.5) is 0 Å². The second-order valence-electron chi connectivity index (χ2n) is 3.89. The standard InChI is InChI=1S/C13H19N2O/c1-2-13(14-12-16)8-4-7-11-15-9-5-3-6-10-15/h3,5-6,9-10,13H,2,4,7-8,11H2,1H3/q+1. The number of hydrogen-bond donors (Lipinski definition) is 0. The van der Waals surface area contributed by atoms with Crippen LogP contribution in [0.25, 0.3) is 0 Å². The maximum Gasteiger partial charge on any atom is 0.235 e. The lowest BCUT2D eigenvalue weighted by Crippen LogP contribution is -2.32. The van der Waals surface area contributed by atoms with Gasteiger partial charge in [-0.3, -0.25) is 0 Å². The highest BCUT2D eigenvalue weighted by Gasteiger charge is 2.04. The van der Waals surface area contributed by atoms with Crippen LogP contribution in [0.5, 0.6) is 0 Å². The molecule has 0 aromatic carbocycles. The van der Waals surface area contributed by atoms with E-state index in [9.17, 15) is 4.79 Å². The third-order valence-corrected chi connectivity index (χ3v) is 2.69. The van der Waals surface area contributed by atoms with Crippen molar-refractivity contribution in [2.24, 2.45) is 4.99 Å². The molecule has 0 aliphatic rings. The summed E-state index contributed by atoms with van der Waals surface area (Å²) in [5.41, 5.74) is 0. The molecule has 0 saturated carbocycles. The minimum atomic E-state index is 0.165. The third kappa shape index (κ3) is 4.85. The van der Waals surface area contributed by atoms with Gasteiger partial charge in [-0.2, -0.15) is 0 Å². The molecule has 0 radical (unpaired) electrons. The fourth-order valence-electron chi connectivity index (χ4n) is 1.69. The molecule has 0 amide bonds. The van der Waals surface area contributed by atoms with Gasteiger partial charge in [-0.05, 0) is 19.3 Å². The number of unbranched alkanes of at least 4 members (excludes halogenated alkanes) is 1. The summed E-state index contributed by atoms with van der Waals surface area (Å²) in [6, 6.07) is 6.25. The molecule has 0 aliphatic carbocycles. The molecule has 3 heteroatoms. The summed E-state index contributed by atoms with van der Waals surface area (Å²) in [5.74, 6) is 0. The molecule has 0 bridgehead atoms. The monoisotopic (exact) mass is 219 g/mol. The van der Waals surface area contributed by atoms with Gasteiger partial charge >= 0.3 is 0 Å². The molecule has 1 rings (SSSR count). The number of nitrogens with zero attached hydrogens (tertiary/aromatic N) is 2. The van der Waals surface area contributed by atoms with Crippen LogP contribution in [-0.4, -0.2) is 12.1 Å². The van der Waals surface area contributed by atoms with Gasteiger partial charge in [0, 0.05) is 18.6 Å². The highest BCUT2D eigenvalue weighted by Crippen LogP contribution is 2.07. The predicted molar refractivity (Wildman–Crippen MR) is 62.7 cm³/mol. The molecule has 1 heterocycles. The van der Waals surface area contributed by atoms with E-state index in [1.165, 1.54) is 0 Å². The molecule has 0 fully saturated rings. The van der Waals surface area contributed by atoms with Crippen molar-refractivity contribution >= 4 is 6.08 Å². The lowest BCUT2D eigenvalue weighted by Gasteiger charge is -2.05. The Bertz CT molecular complexity index is 331. The van der Waals surface area contributed by atoms with Gasteiger partial charge in [0.25, 0.3) is 0 Å². The van der Waals surface area contributed by atoms with Crippen LogP contribution in [-0.2, 0) is 11.3 Å². The highest BCUT2D eigenvalue weighted by molar-refractivity contribution is 5.33. The fourth-order valence-corrected chi connectivity index (χ4v) is 1.69. The van der Waals surface area contributed by atoms with Crippen LogP contribution in [0.3, 0.4) is 0 Å². The summed E-state index contributed by atoms with van der Waals surface area (Å²) in [7, 11) is 0. The van der Waals surface area contributed by atoms with E-state index in [0.717, 1.165) is 32.2 Å². The van der Waals surface area contributed by atoms with Crippen molar-refractivity contribution in [2.45, 2.75) is 45.2 Å². The van der Waals surface area contributed by atoms with Gasteiger partial charge < -0.3 is 0 Å². The van der Waals surface area contributed by atoms with Crippen molar-refractivity contribution in [2.75, 3.05) is 0 Å². The van der Waals surface area contributed by atoms with Crippen LogP contribution in [0.2, 0.25) is 0 Å². The zero-order valence-electron chi connectivity index (χ0n) is 9.80. The number of aryl methyl sites for hydroxylation is 1. The van der Waals surface area contributed by atoms with E-state index in [4.69, 9.17) is 0 Å². The van der Waals surface area contributed by atoms with Crippen molar-refractivity contribution in [1.29, 1.82) is 0 Å². The average Bonchev–Trinajstić information content (AvgIpc) is 2.34. The SMILES string of the molecule is CCC(CCCC[n+]1ccccc1)N=C=O.